The summed E-state index contributed by atoms with van der Waals surface area (Å²) >= 11 is 1.61. The highest BCUT2D eigenvalue weighted by Gasteiger charge is 2.52. The van der Waals surface area contributed by atoms with E-state index in [-0.39, 0.29) is 11.8 Å². The molecule has 0 unspecified atom stereocenters. The van der Waals surface area contributed by atoms with Crippen LogP contribution in [0.15, 0.2) is 60.0 Å². The van der Waals surface area contributed by atoms with Gasteiger partial charge in [-0.1, -0.05) is 18.2 Å². The standard InChI is InChI=1S/C21H16N2O3S/c24-19-14-12-13(22-20(25)21(9-10-21)18-6-3-11-27-18)7-8-16(14)26-17-5-2-1-4-15(17)23-19/h1-8,11-12H,9-10H2,(H,22,25)(H,23,24). The van der Waals surface area contributed by atoms with Crippen molar-refractivity contribution in [3.63, 3.8) is 0 Å². The second-order valence-electron chi connectivity index (χ2n) is 6.78. The van der Waals surface area contributed by atoms with Crippen LogP contribution in [0.2, 0.25) is 0 Å². The van der Waals surface area contributed by atoms with Crippen molar-refractivity contribution >= 4 is 34.5 Å². The lowest BCUT2D eigenvalue weighted by atomic mass is 10.0. The summed E-state index contributed by atoms with van der Waals surface area (Å²) in [6.07, 6.45) is 1.70. The molecule has 0 saturated heterocycles. The number of nitrogens with one attached hydrogen (secondary N) is 2. The Kier molecular flexibility index (Phi) is 3.55. The lowest BCUT2D eigenvalue weighted by Crippen LogP contribution is -2.27. The molecule has 1 fully saturated rings. The number of carbonyl (C=O) groups is 2. The predicted molar refractivity (Wildman–Crippen MR) is 105 cm³/mol. The van der Waals surface area contributed by atoms with Gasteiger partial charge in [0.25, 0.3) is 5.91 Å². The first kappa shape index (κ1) is 16.1. The molecule has 2 heterocycles. The number of hydrogen-bond donors (Lipinski definition) is 2. The van der Waals surface area contributed by atoms with Gasteiger partial charge in [-0.15, -0.1) is 11.3 Å². The number of amides is 2. The summed E-state index contributed by atoms with van der Waals surface area (Å²) in [5.41, 5.74) is 1.19. The van der Waals surface area contributed by atoms with E-state index >= 15 is 0 Å². The summed E-state index contributed by atoms with van der Waals surface area (Å²) in [6, 6.07) is 16.4. The minimum Gasteiger partial charge on any atom is -0.454 e. The van der Waals surface area contributed by atoms with Gasteiger partial charge in [-0.25, -0.2) is 0 Å². The van der Waals surface area contributed by atoms with Crippen LogP contribution < -0.4 is 15.4 Å². The number of carbonyl (C=O) groups excluding carboxylic acids is 2. The van der Waals surface area contributed by atoms with Crippen LogP contribution in [0.4, 0.5) is 11.4 Å². The molecule has 0 atom stereocenters. The molecule has 2 amide bonds. The summed E-state index contributed by atoms with van der Waals surface area (Å²) in [4.78, 5) is 26.5. The average Bonchev–Trinajstić information content (AvgIpc) is 3.34. The third-order valence-corrected chi connectivity index (χ3v) is 6.09. The summed E-state index contributed by atoms with van der Waals surface area (Å²) in [6.45, 7) is 0. The van der Waals surface area contributed by atoms with Crippen molar-refractivity contribution in [3.05, 3.63) is 70.4 Å². The Labute approximate surface area is 160 Å². The molecule has 2 aliphatic rings. The quantitative estimate of drug-likeness (QED) is 0.691. The van der Waals surface area contributed by atoms with Crippen LogP contribution in [0, 0.1) is 0 Å². The van der Waals surface area contributed by atoms with Crippen molar-refractivity contribution in [3.8, 4) is 11.5 Å². The zero-order chi connectivity index (χ0) is 18.4. The van der Waals surface area contributed by atoms with Crippen LogP contribution >= 0.6 is 11.3 Å². The number of benzene rings is 2. The Morgan fingerprint density at radius 2 is 1.93 bits per heavy atom. The van der Waals surface area contributed by atoms with Gasteiger partial charge < -0.3 is 15.4 Å². The molecule has 5 nitrogen and oxygen atoms in total. The average molecular weight is 376 g/mol. The molecule has 0 bridgehead atoms. The highest BCUT2D eigenvalue weighted by Crippen LogP contribution is 2.50. The zero-order valence-corrected chi connectivity index (χ0v) is 15.1. The molecular formula is C21H16N2O3S. The van der Waals surface area contributed by atoms with Gasteiger partial charge in [0.1, 0.15) is 5.75 Å². The molecule has 5 rings (SSSR count). The summed E-state index contributed by atoms with van der Waals surface area (Å²) in [5, 5.41) is 7.82. The number of hydrogen-bond acceptors (Lipinski definition) is 4. The molecule has 0 radical (unpaired) electrons. The van der Waals surface area contributed by atoms with Crippen molar-refractivity contribution in [2.75, 3.05) is 10.6 Å². The van der Waals surface area contributed by atoms with Crippen LogP contribution in [0.1, 0.15) is 28.1 Å². The van der Waals surface area contributed by atoms with Crippen molar-refractivity contribution in [1.82, 2.24) is 0 Å². The van der Waals surface area contributed by atoms with E-state index < -0.39 is 5.41 Å². The number of thiophene rings is 1. The fourth-order valence-electron chi connectivity index (χ4n) is 3.35. The summed E-state index contributed by atoms with van der Waals surface area (Å²) in [5.74, 6) is 0.777. The van der Waals surface area contributed by atoms with Crippen LogP contribution in [0.25, 0.3) is 0 Å². The predicted octanol–water partition coefficient (Wildman–Crippen LogP) is 4.78. The third kappa shape index (κ3) is 2.69. The minimum absolute atomic E-state index is 0.0249. The van der Waals surface area contributed by atoms with Gasteiger partial charge in [0.05, 0.1) is 16.7 Å². The fraction of sp³-hybridized carbons (Fsp3) is 0.143. The molecular weight excluding hydrogens is 360 g/mol. The summed E-state index contributed by atoms with van der Waals surface area (Å²) in [7, 11) is 0. The Bertz CT molecular complexity index is 1060. The molecule has 3 aromatic rings. The van der Waals surface area contributed by atoms with E-state index in [4.69, 9.17) is 4.74 Å². The number of rotatable bonds is 3. The summed E-state index contributed by atoms with van der Waals surface area (Å²) < 4.78 is 5.88. The van der Waals surface area contributed by atoms with E-state index in [0.717, 1.165) is 17.7 Å². The van der Waals surface area contributed by atoms with Crippen LogP contribution in [0.3, 0.4) is 0 Å². The van der Waals surface area contributed by atoms with Gasteiger partial charge in [-0.2, -0.15) is 0 Å². The van der Waals surface area contributed by atoms with E-state index in [9.17, 15) is 9.59 Å². The third-order valence-electron chi connectivity index (χ3n) is 5.01. The SMILES string of the molecule is O=C1Nc2ccccc2Oc2ccc(NC(=O)C3(c4cccs4)CC3)cc21. The molecule has 2 aromatic carbocycles. The largest absolute Gasteiger partial charge is 0.454 e. The van der Waals surface area contributed by atoms with Crippen molar-refractivity contribution < 1.29 is 14.3 Å². The van der Waals surface area contributed by atoms with E-state index in [1.54, 1.807) is 41.7 Å². The topological polar surface area (TPSA) is 67.4 Å². The normalized spacial score (nSPS) is 16.2. The van der Waals surface area contributed by atoms with Gasteiger partial charge in [0.2, 0.25) is 5.91 Å². The van der Waals surface area contributed by atoms with Crippen molar-refractivity contribution in [2.24, 2.45) is 0 Å². The van der Waals surface area contributed by atoms with Crippen LogP contribution in [-0.2, 0) is 10.2 Å². The highest BCUT2D eigenvalue weighted by atomic mass is 32.1. The first-order valence-corrected chi connectivity index (χ1v) is 9.61. The van der Waals surface area contributed by atoms with E-state index in [1.807, 2.05) is 29.6 Å². The van der Waals surface area contributed by atoms with E-state index in [0.29, 0.717) is 28.4 Å². The molecule has 2 N–H and O–H groups in total. The number of ether oxygens (including phenoxy) is 1. The molecule has 0 spiro atoms. The molecule has 134 valence electrons. The van der Waals surface area contributed by atoms with Gasteiger partial charge in [-0.3, -0.25) is 9.59 Å². The molecule has 6 heteroatoms. The minimum atomic E-state index is -0.421. The maximum absolute atomic E-state index is 12.9. The molecule has 1 aliphatic carbocycles. The fourth-order valence-corrected chi connectivity index (χ4v) is 4.34. The molecule has 1 aromatic heterocycles. The Morgan fingerprint density at radius 3 is 2.70 bits per heavy atom. The van der Waals surface area contributed by atoms with Gasteiger partial charge in [-0.05, 0) is 54.6 Å². The second kappa shape index (κ2) is 5.96. The Balaban J connectivity index is 1.43. The lowest BCUT2D eigenvalue weighted by Gasteiger charge is -2.15. The van der Waals surface area contributed by atoms with Gasteiger partial charge in [0.15, 0.2) is 5.75 Å². The van der Waals surface area contributed by atoms with Crippen LogP contribution in [0.5, 0.6) is 11.5 Å². The van der Waals surface area contributed by atoms with Gasteiger partial charge in [0, 0.05) is 10.6 Å². The molecule has 1 aliphatic heterocycles. The van der Waals surface area contributed by atoms with Crippen molar-refractivity contribution in [1.29, 1.82) is 0 Å². The molecule has 1 saturated carbocycles. The van der Waals surface area contributed by atoms with Crippen LogP contribution in [-0.4, -0.2) is 11.8 Å². The molecule has 27 heavy (non-hydrogen) atoms. The smallest absolute Gasteiger partial charge is 0.259 e. The first-order valence-electron chi connectivity index (χ1n) is 8.73. The maximum atomic E-state index is 12.9. The number of anilines is 2. The lowest BCUT2D eigenvalue weighted by molar-refractivity contribution is -0.118. The Morgan fingerprint density at radius 1 is 1.07 bits per heavy atom. The van der Waals surface area contributed by atoms with Gasteiger partial charge >= 0.3 is 0 Å². The monoisotopic (exact) mass is 376 g/mol. The zero-order valence-electron chi connectivity index (χ0n) is 14.3. The number of para-hydroxylation sites is 2. The first-order chi connectivity index (χ1) is 13.2. The van der Waals surface area contributed by atoms with E-state index in [1.165, 1.54) is 0 Å². The second-order valence-corrected chi connectivity index (χ2v) is 7.72. The maximum Gasteiger partial charge on any atom is 0.259 e. The highest BCUT2D eigenvalue weighted by molar-refractivity contribution is 7.10. The van der Waals surface area contributed by atoms with E-state index in [2.05, 4.69) is 10.6 Å². The Hall–Kier alpha value is -3.12. The van der Waals surface area contributed by atoms with Crippen molar-refractivity contribution in [2.45, 2.75) is 18.3 Å². The number of fused-ring (bicyclic) bond motifs is 2.